The van der Waals surface area contributed by atoms with Crippen LogP contribution in [0.15, 0.2) is 146 Å². The van der Waals surface area contributed by atoms with Crippen LogP contribution in [-0.4, -0.2) is 77.6 Å². The summed E-state index contributed by atoms with van der Waals surface area (Å²) >= 11 is 0. The van der Waals surface area contributed by atoms with E-state index in [-0.39, 0.29) is 79.6 Å². The molecule has 0 aromatic heterocycles. The van der Waals surface area contributed by atoms with Crippen molar-refractivity contribution in [2.45, 2.75) is 72.6 Å². The van der Waals surface area contributed by atoms with E-state index in [2.05, 4.69) is 9.47 Å². The first kappa shape index (κ1) is 62.2. The molecule has 8 aromatic carbocycles. The lowest BCUT2D eigenvalue weighted by Gasteiger charge is -2.24. The van der Waals surface area contributed by atoms with Crippen LogP contribution in [0.5, 0.6) is 0 Å². The van der Waals surface area contributed by atoms with Gasteiger partial charge in [0.05, 0.1) is 50.2 Å². The highest BCUT2D eigenvalue weighted by molar-refractivity contribution is 6.35. The molecule has 0 bridgehead atoms. The molecule has 0 saturated carbocycles. The monoisotopic (exact) mass is 1230 g/mol. The molecule has 0 fully saturated rings. The molecule has 0 radical (unpaired) electrons. The first-order valence-corrected chi connectivity index (χ1v) is 27.4. The van der Waals surface area contributed by atoms with E-state index < -0.39 is 71.7 Å². The van der Waals surface area contributed by atoms with E-state index in [9.17, 15) is 69.5 Å². The van der Waals surface area contributed by atoms with Gasteiger partial charge >= 0.3 is 36.2 Å². The number of anilines is 3. The molecule has 0 aliphatic carbocycles. The van der Waals surface area contributed by atoms with Gasteiger partial charge in [-0.15, -0.1) is 0 Å². The summed E-state index contributed by atoms with van der Waals surface area (Å²) in [6, 6.07) is 36.4. The van der Waals surface area contributed by atoms with Crippen LogP contribution >= 0.6 is 0 Å². The standard InChI is InChI=1S/C34H25F3N2O4.C16H17F3N2.C16H6O6.C3H6O/c1-17-5-6-22(13-18(17)2)29(34(35,36)37)23-9-12-28(19(3)14-23)39-32(42)25-11-8-21(16-27(25)33(39)43)20-7-10-24-26(15-20)31(41)38(4)30(24)40;1-9-7-11(3-5-13(9)20)15(16(17,18)19)12-4-6-14(21)10(2)8-12;17-13-9-3-1-7(5-11(9)15(19)21-13)8-2-4-10-12(6-8)16(20)22-14(10)18;1-3(2)4/h5-16,29H,1-4H3;3-8,15H,20-21H2,1-2H3;1-6H;1-2H3/i;;;1D. The van der Waals surface area contributed by atoms with E-state index >= 15 is 0 Å². The Bertz CT molecular complexity index is 4320. The lowest BCUT2D eigenvalue weighted by atomic mass is 9.88. The molecule has 15 nitrogen and oxygen atoms in total. The van der Waals surface area contributed by atoms with E-state index in [1.165, 1.54) is 111 Å². The topological polar surface area (TPSA) is 231 Å². The third kappa shape index (κ3) is 12.5. The van der Waals surface area contributed by atoms with Crippen LogP contribution < -0.4 is 16.4 Å². The van der Waals surface area contributed by atoms with Crippen molar-refractivity contribution in [3.63, 3.8) is 0 Å². The Hall–Kier alpha value is -10.8. The molecule has 21 heteroatoms. The van der Waals surface area contributed by atoms with Gasteiger partial charge in [-0.2, -0.15) is 26.3 Å². The summed E-state index contributed by atoms with van der Waals surface area (Å²) in [5, 5.41) is 0. The minimum Gasteiger partial charge on any atom is -0.399 e. The average Bonchev–Trinajstić information content (AvgIpc) is 1.66. The number of ketones is 1. The van der Waals surface area contributed by atoms with Crippen LogP contribution in [-0.2, 0) is 14.3 Å². The summed E-state index contributed by atoms with van der Waals surface area (Å²) in [4.78, 5) is 109. The van der Waals surface area contributed by atoms with Gasteiger partial charge in [0, 0.05) is 19.8 Å². The Morgan fingerprint density at radius 2 is 0.733 bits per heavy atom. The third-order valence-electron chi connectivity index (χ3n) is 15.5. The largest absolute Gasteiger partial charge is 0.399 e. The van der Waals surface area contributed by atoms with Gasteiger partial charge in [-0.25, -0.2) is 24.1 Å². The number of aryl methyl sites for hydroxylation is 5. The van der Waals surface area contributed by atoms with Gasteiger partial charge in [0.25, 0.3) is 23.6 Å². The number of hydrogen-bond donors (Lipinski definition) is 2. The van der Waals surface area contributed by atoms with E-state index in [4.69, 9.17) is 12.8 Å². The number of nitrogen functional groups attached to an aromatic ring is 2. The van der Waals surface area contributed by atoms with Crippen LogP contribution in [0.25, 0.3) is 22.3 Å². The van der Waals surface area contributed by atoms with Crippen LogP contribution in [0.2, 0.25) is 0 Å². The van der Waals surface area contributed by atoms with Gasteiger partial charge in [-0.3, -0.25) is 24.1 Å². The molecular formula is C69H54F6N4O11. The minimum atomic E-state index is -4.56. The van der Waals surface area contributed by atoms with Gasteiger partial charge in [-0.1, -0.05) is 78.9 Å². The zero-order valence-corrected chi connectivity index (χ0v) is 49.0. The Morgan fingerprint density at radius 1 is 0.411 bits per heavy atom. The summed E-state index contributed by atoms with van der Waals surface area (Å²) in [5.74, 6) is -8.38. The first-order chi connectivity index (χ1) is 42.8. The lowest BCUT2D eigenvalue weighted by molar-refractivity contribution is -0.142. The van der Waals surface area contributed by atoms with Crippen molar-refractivity contribution in [3.05, 3.63) is 240 Å². The second kappa shape index (κ2) is 24.4. The van der Waals surface area contributed by atoms with Crippen molar-refractivity contribution < 1.29 is 80.3 Å². The zero-order chi connectivity index (χ0) is 66.5. The maximum absolute atomic E-state index is 14.3. The predicted molar refractivity (Wildman–Crippen MR) is 321 cm³/mol. The fourth-order valence-corrected chi connectivity index (χ4v) is 10.7. The van der Waals surface area contributed by atoms with Crippen LogP contribution in [0.4, 0.5) is 43.4 Å². The molecule has 4 amide bonds. The van der Waals surface area contributed by atoms with Gasteiger partial charge in [0.15, 0.2) is 0 Å². The van der Waals surface area contributed by atoms with Gasteiger partial charge < -0.3 is 25.7 Å². The van der Waals surface area contributed by atoms with E-state index in [1.807, 2.05) is 6.92 Å². The molecule has 12 rings (SSSR count). The van der Waals surface area contributed by atoms with Gasteiger partial charge in [0.1, 0.15) is 17.6 Å². The quantitative estimate of drug-likeness (QED) is 0.0498. The smallest absolute Gasteiger partial charge is 0.399 e. The number of fused-ring (bicyclic) bond motifs is 4. The number of carbonyl (C=O) groups excluding carboxylic acids is 9. The van der Waals surface area contributed by atoms with Crippen LogP contribution in [0.3, 0.4) is 0 Å². The number of alkyl halides is 6. The SMILES string of the molecule is Cc1cc(C(c2ccc(N)c(C)c2)C(F)(F)F)ccc1N.Cc1ccc(C(c2ccc(N3C(=O)c4ccc(-c5ccc6c(c5)C(=O)N(C)C6=O)cc4C3=O)c(C)c2)C(F)(F)F)cc1C.O=C1OC(=O)c2cc(-c3ccc4c(c3)C(=O)OC4=O)ccc21.[2H]CC(C)=O. The minimum absolute atomic E-state index is 0.00572. The van der Waals surface area contributed by atoms with Gasteiger partial charge in [-0.05, 0) is 187 Å². The summed E-state index contributed by atoms with van der Waals surface area (Å²) in [5.41, 5.74) is 20.3. The van der Waals surface area contributed by atoms with Crippen molar-refractivity contribution in [2.75, 3.05) is 23.4 Å². The van der Waals surface area contributed by atoms with Crippen molar-refractivity contribution in [1.82, 2.24) is 4.90 Å². The van der Waals surface area contributed by atoms with E-state index in [0.29, 0.717) is 55.9 Å². The molecule has 1 unspecified atom stereocenters. The number of carbonyl (C=O) groups is 9. The Labute approximate surface area is 512 Å². The fourth-order valence-electron chi connectivity index (χ4n) is 10.7. The van der Waals surface area contributed by atoms with Crippen molar-refractivity contribution in [1.29, 1.82) is 0 Å². The fraction of sp³-hybridized carbons (Fsp3) is 0.174. The summed E-state index contributed by atoms with van der Waals surface area (Å²) in [6.45, 7) is 9.87. The second-order valence-electron chi connectivity index (χ2n) is 21.8. The molecule has 90 heavy (non-hydrogen) atoms. The highest BCUT2D eigenvalue weighted by Gasteiger charge is 2.45. The van der Waals surface area contributed by atoms with Crippen molar-refractivity contribution in [3.8, 4) is 22.3 Å². The summed E-state index contributed by atoms with van der Waals surface area (Å²) in [7, 11) is 1.40. The summed E-state index contributed by atoms with van der Waals surface area (Å²) in [6.07, 6.45) is -8.95. The number of cyclic esters (lactones) is 4. The number of nitrogens with two attached hydrogens (primary N) is 2. The predicted octanol–water partition coefficient (Wildman–Crippen LogP) is 13.7. The molecule has 4 N–H and O–H groups in total. The van der Waals surface area contributed by atoms with E-state index in [0.717, 1.165) is 20.9 Å². The molecule has 4 aliphatic rings. The average molecular weight is 1230 g/mol. The Morgan fingerprint density at radius 3 is 1.12 bits per heavy atom. The molecule has 1 atom stereocenters. The number of Topliss-reactive ketones (excluding diaryl/α,β-unsaturated/α-hetero) is 1. The number of benzene rings is 8. The second-order valence-corrected chi connectivity index (χ2v) is 21.8. The summed E-state index contributed by atoms with van der Waals surface area (Å²) < 4.78 is 98.8. The first-order valence-electron chi connectivity index (χ1n) is 28.1. The highest BCUT2D eigenvalue weighted by Crippen LogP contribution is 2.44. The van der Waals surface area contributed by atoms with Crippen molar-refractivity contribution >= 4 is 70.4 Å². The number of rotatable bonds is 7. The van der Waals surface area contributed by atoms with Gasteiger partial charge in [0.2, 0.25) is 0 Å². The Kier molecular flexibility index (Phi) is 16.9. The molecule has 0 saturated heterocycles. The molecule has 8 aromatic rings. The lowest BCUT2D eigenvalue weighted by Crippen LogP contribution is -2.30. The zero-order valence-electron chi connectivity index (χ0n) is 50.0. The normalized spacial score (nSPS) is 14.3. The van der Waals surface area contributed by atoms with Crippen LogP contribution in [0.1, 0.15) is 160 Å². The molecule has 458 valence electrons. The number of imide groups is 2. The van der Waals surface area contributed by atoms with E-state index in [1.54, 1.807) is 76.2 Å². The maximum atomic E-state index is 14.3. The number of ether oxygens (including phenoxy) is 2. The molecule has 4 heterocycles. The maximum Gasteiger partial charge on any atom is 0.399 e. The molecular weight excluding hydrogens is 1170 g/mol. The number of esters is 4. The number of amides is 4. The van der Waals surface area contributed by atoms with Crippen molar-refractivity contribution in [2.24, 2.45) is 0 Å². The Balaban J connectivity index is 0.000000171. The molecule has 4 aliphatic heterocycles. The number of halogens is 6. The number of hydrogen-bond acceptors (Lipinski definition) is 13. The molecule has 0 spiro atoms. The highest BCUT2D eigenvalue weighted by atomic mass is 19.4. The van der Waals surface area contributed by atoms with Crippen LogP contribution in [0, 0.1) is 34.6 Å². The third-order valence-corrected chi connectivity index (χ3v) is 15.5. The number of nitrogens with zero attached hydrogens (tertiary/aromatic N) is 2.